The van der Waals surface area contributed by atoms with Gasteiger partial charge in [0.25, 0.3) is 0 Å². The number of nitrogens with zero attached hydrogens (tertiary/aromatic N) is 6. The second-order valence-electron chi connectivity index (χ2n) is 15.1. The molecule has 0 aliphatic rings. The lowest BCUT2D eigenvalue weighted by Gasteiger charge is -2.26. The summed E-state index contributed by atoms with van der Waals surface area (Å²) < 4.78 is 13.4. The Morgan fingerprint density at radius 3 is 1.08 bits per heavy atom. The molecular formula is C54H28N6O2. The smallest absolute Gasteiger partial charge is 0.187 e. The minimum Gasteiger partial charge on any atom is -0.452 e. The van der Waals surface area contributed by atoms with Crippen LogP contribution in [0, 0.1) is 40.6 Å². The highest BCUT2D eigenvalue weighted by atomic mass is 16.4. The summed E-state index contributed by atoms with van der Waals surface area (Å²) in [7, 11) is 0. The van der Waals surface area contributed by atoms with Crippen LogP contribution in [0.1, 0.15) is 16.7 Å². The van der Waals surface area contributed by atoms with Crippen LogP contribution in [0.25, 0.3) is 70.3 Å². The third kappa shape index (κ3) is 5.89. The lowest BCUT2D eigenvalue weighted by Crippen LogP contribution is -2.09. The fourth-order valence-corrected chi connectivity index (χ4v) is 8.43. The van der Waals surface area contributed by atoms with Gasteiger partial charge < -0.3 is 18.6 Å². The number of anilines is 6. The fourth-order valence-electron chi connectivity index (χ4n) is 8.43. The van der Waals surface area contributed by atoms with E-state index in [2.05, 4.69) is 106 Å². The lowest BCUT2D eigenvalue weighted by atomic mass is 10.0. The minimum absolute atomic E-state index is 0.559. The maximum Gasteiger partial charge on any atom is 0.187 e. The second kappa shape index (κ2) is 14.2. The normalized spacial score (nSPS) is 11.2. The van der Waals surface area contributed by atoms with E-state index >= 15 is 0 Å². The van der Waals surface area contributed by atoms with Gasteiger partial charge in [-0.15, -0.1) is 0 Å². The number of benzene rings is 9. The van der Waals surface area contributed by atoms with Crippen LogP contribution in [0.5, 0.6) is 0 Å². The zero-order valence-corrected chi connectivity index (χ0v) is 32.7. The number of hydrogen-bond donors (Lipinski definition) is 0. The molecule has 2 heterocycles. The van der Waals surface area contributed by atoms with Crippen LogP contribution in [0.3, 0.4) is 0 Å². The van der Waals surface area contributed by atoms with Crippen LogP contribution < -0.4 is 9.80 Å². The predicted octanol–water partition coefficient (Wildman–Crippen LogP) is 14.9. The van der Waals surface area contributed by atoms with Gasteiger partial charge in [-0.1, -0.05) is 24.3 Å². The van der Waals surface area contributed by atoms with Crippen molar-refractivity contribution in [2.24, 2.45) is 0 Å². The molecule has 0 unspecified atom stereocenters. The van der Waals surface area contributed by atoms with Crippen molar-refractivity contribution in [3.8, 4) is 18.2 Å². The molecule has 0 atom stereocenters. The van der Waals surface area contributed by atoms with Crippen LogP contribution in [-0.4, -0.2) is 0 Å². The zero-order chi connectivity index (χ0) is 41.9. The number of fused-ring (bicyclic) bond motifs is 9. The first-order valence-electron chi connectivity index (χ1n) is 19.8. The molecule has 11 rings (SSSR count). The van der Waals surface area contributed by atoms with Gasteiger partial charge >= 0.3 is 0 Å². The SMILES string of the molecule is [C-]#[N+]c1ccc(N(c2ccc(C#N)cc2)c2ccc3cc4c(cc3c2)oc2c4ccc3c4cc5ccc(N(c6ccc(C#N)cc6)c6ccc(C#N)cc6)cc5cc4oc32)cc1. The van der Waals surface area contributed by atoms with Gasteiger partial charge in [0.2, 0.25) is 0 Å². The highest BCUT2D eigenvalue weighted by Gasteiger charge is 2.20. The molecule has 0 N–H and O–H groups in total. The number of nitriles is 3. The van der Waals surface area contributed by atoms with E-state index in [1.807, 2.05) is 60.7 Å². The van der Waals surface area contributed by atoms with Crippen LogP contribution in [0.2, 0.25) is 0 Å². The summed E-state index contributed by atoms with van der Waals surface area (Å²) in [5, 5.41) is 36.3. The Labute approximate surface area is 354 Å². The van der Waals surface area contributed by atoms with Gasteiger partial charge in [0.15, 0.2) is 16.9 Å². The summed E-state index contributed by atoms with van der Waals surface area (Å²) in [5.41, 5.74) is 10.5. The van der Waals surface area contributed by atoms with Crippen LogP contribution in [0.4, 0.5) is 39.8 Å². The number of rotatable bonds is 6. The molecule has 0 fully saturated rings. The number of hydrogen-bond acceptors (Lipinski definition) is 7. The van der Waals surface area contributed by atoms with Crippen molar-refractivity contribution in [2.75, 3.05) is 9.80 Å². The van der Waals surface area contributed by atoms with Crippen LogP contribution >= 0.6 is 0 Å². The summed E-state index contributed by atoms with van der Waals surface area (Å²) in [6, 6.07) is 61.8. The summed E-state index contributed by atoms with van der Waals surface area (Å²) in [4.78, 5) is 7.79. The topological polar surface area (TPSA) is 108 Å². The largest absolute Gasteiger partial charge is 0.452 e. The minimum atomic E-state index is 0.559. The van der Waals surface area contributed by atoms with Crippen molar-refractivity contribution < 1.29 is 8.83 Å². The predicted molar refractivity (Wildman–Crippen MR) is 246 cm³/mol. The van der Waals surface area contributed by atoms with E-state index in [0.29, 0.717) is 33.5 Å². The van der Waals surface area contributed by atoms with Crippen LogP contribution in [0.15, 0.2) is 179 Å². The van der Waals surface area contributed by atoms with E-state index in [1.165, 1.54) is 0 Å². The van der Waals surface area contributed by atoms with Gasteiger partial charge in [0.1, 0.15) is 11.2 Å². The molecule has 8 nitrogen and oxygen atoms in total. The van der Waals surface area contributed by atoms with E-state index in [0.717, 1.165) is 88.4 Å². The summed E-state index contributed by atoms with van der Waals surface area (Å²) >= 11 is 0. The molecule has 0 bridgehead atoms. The quantitative estimate of drug-likeness (QED) is 0.154. The molecule has 0 saturated carbocycles. The number of furan rings is 2. The molecule has 2 aromatic heterocycles. The van der Waals surface area contributed by atoms with E-state index in [1.54, 1.807) is 36.4 Å². The summed E-state index contributed by atoms with van der Waals surface area (Å²) in [6.07, 6.45) is 0. The zero-order valence-electron chi connectivity index (χ0n) is 32.7. The molecule has 286 valence electrons. The van der Waals surface area contributed by atoms with Gasteiger partial charge in [-0.25, -0.2) is 4.85 Å². The average molecular weight is 793 g/mol. The van der Waals surface area contributed by atoms with Gasteiger partial charge in [-0.05, 0) is 167 Å². The third-order valence-electron chi connectivity index (χ3n) is 11.5. The first-order chi connectivity index (χ1) is 30.5. The highest BCUT2D eigenvalue weighted by Crippen LogP contribution is 2.44. The first kappa shape index (κ1) is 35.8. The van der Waals surface area contributed by atoms with E-state index in [9.17, 15) is 15.8 Å². The third-order valence-corrected chi connectivity index (χ3v) is 11.5. The Morgan fingerprint density at radius 1 is 0.371 bits per heavy atom. The summed E-state index contributed by atoms with van der Waals surface area (Å²) in [6.45, 7) is 7.43. The summed E-state index contributed by atoms with van der Waals surface area (Å²) in [5.74, 6) is 0. The Kier molecular flexibility index (Phi) is 8.19. The van der Waals surface area contributed by atoms with Crippen LogP contribution in [-0.2, 0) is 0 Å². The molecule has 0 saturated heterocycles. The molecular weight excluding hydrogens is 765 g/mol. The van der Waals surface area contributed by atoms with Crippen molar-refractivity contribution >= 4 is 105 Å². The molecule has 9 aromatic carbocycles. The van der Waals surface area contributed by atoms with Gasteiger partial charge in [-0.2, -0.15) is 15.8 Å². The Balaban J connectivity index is 1.01. The van der Waals surface area contributed by atoms with Gasteiger partial charge in [-0.3, -0.25) is 0 Å². The Morgan fingerprint density at radius 2 is 0.726 bits per heavy atom. The average Bonchev–Trinajstić information content (AvgIpc) is 3.88. The van der Waals surface area contributed by atoms with Crippen molar-refractivity contribution in [1.82, 2.24) is 0 Å². The lowest BCUT2D eigenvalue weighted by molar-refractivity contribution is 0.634. The second-order valence-corrected chi connectivity index (χ2v) is 15.1. The molecule has 62 heavy (non-hydrogen) atoms. The first-order valence-corrected chi connectivity index (χ1v) is 19.8. The van der Waals surface area contributed by atoms with Crippen molar-refractivity contribution in [2.45, 2.75) is 0 Å². The maximum atomic E-state index is 9.45. The van der Waals surface area contributed by atoms with Crippen molar-refractivity contribution in [1.29, 1.82) is 15.8 Å². The monoisotopic (exact) mass is 792 g/mol. The van der Waals surface area contributed by atoms with Gasteiger partial charge in [0.05, 0.1) is 41.5 Å². The molecule has 0 aliphatic carbocycles. The maximum absolute atomic E-state index is 9.45. The molecule has 11 aromatic rings. The molecule has 8 heteroatoms. The van der Waals surface area contributed by atoms with Gasteiger partial charge in [0, 0.05) is 55.7 Å². The highest BCUT2D eigenvalue weighted by molar-refractivity contribution is 6.21. The fraction of sp³-hybridized carbons (Fsp3) is 0. The Bertz CT molecular complexity index is 3410. The van der Waals surface area contributed by atoms with Crippen molar-refractivity contribution in [3.63, 3.8) is 0 Å². The molecule has 0 spiro atoms. The van der Waals surface area contributed by atoms with E-state index < -0.39 is 0 Å². The standard InChI is InChI=1S/C54H28N6O2/c1-58-40-10-20-44(21-11-40)60(43-16-6-35(32-57)7-17-43)46-19-9-37-27-50-48-23-22-47-49-26-36-8-18-45(24-38(36)28-51(49)61-53(47)54(48)62-52(50)29-39(37)25-46)59(41-12-2-33(30-55)3-13-41)42-14-4-34(31-56)5-15-42/h2-29H. The van der Waals surface area contributed by atoms with E-state index in [4.69, 9.17) is 15.4 Å². The van der Waals surface area contributed by atoms with Crippen molar-refractivity contribution in [3.05, 3.63) is 198 Å². The van der Waals surface area contributed by atoms with E-state index in [-0.39, 0.29) is 0 Å². The molecule has 0 radical (unpaired) electrons. The molecule has 0 amide bonds. The molecule has 0 aliphatic heterocycles. The Hall–Kier alpha value is -9.34.